The van der Waals surface area contributed by atoms with Gasteiger partial charge in [-0.25, -0.2) is 0 Å². The minimum Gasteiger partial charge on any atom is -0.458 e. The quantitative estimate of drug-likeness (QED) is 0.139. The average molecular weight is 1100 g/mol. The van der Waals surface area contributed by atoms with Gasteiger partial charge in [0.1, 0.15) is 46.0 Å². The molecule has 7 aromatic carbocycles. The molecule has 0 amide bonds. The molecule has 0 aromatic heterocycles. The predicted molar refractivity (Wildman–Crippen MR) is 338 cm³/mol. The molecule has 25 rings (SSSR count). The van der Waals surface area contributed by atoms with E-state index >= 15 is 0 Å². The molecule has 408 valence electrons. The van der Waals surface area contributed by atoms with Gasteiger partial charge in [-0.3, -0.25) is 4.31 Å². The summed E-state index contributed by atoms with van der Waals surface area (Å²) in [5.74, 6) is 15.6. The molecule has 0 saturated heterocycles. The van der Waals surface area contributed by atoms with Crippen molar-refractivity contribution in [1.29, 1.82) is 0 Å². The first kappa shape index (κ1) is 46.2. The highest BCUT2D eigenvalue weighted by Crippen LogP contribution is 2.65. The van der Waals surface area contributed by atoms with Gasteiger partial charge >= 0.3 is 0 Å². The largest absolute Gasteiger partial charge is 0.458 e. The Bertz CT molecular complexity index is 4050. The van der Waals surface area contributed by atoms with Crippen molar-refractivity contribution in [3.05, 3.63) is 126 Å². The molecule has 12 fully saturated rings. The van der Waals surface area contributed by atoms with E-state index in [1.165, 1.54) is 198 Å². The van der Waals surface area contributed by atoms with Gasteiger partial charge in [-0.1, -0.05) is 48.5 Å². The van der Waals surface area contributed by atoms with E-state index in [4.69, 9.17) is 18.9 Å². The van der Waals surface area contributed by atoms with Gasteiger partial charge in [0.15, 0.2) is 0 Å². The molecule has 0 unspecified atom stereocenters. The van der Waals surface area contributed by atoms with E-state index in [-0.39, 0.29) is 36.4 Å². The van der Waals surface area contributed by atoms with Crippen LogP contribution in [0.25, 0.3) is 0 Å². The van der Waals surface area contributed by atoms with Crippen molar-refractivity contribution in [3.63, 3.8) is 0 Å². The molecule has 0 radical (unpaired) electrons. The maximum atomic E-state index is 7.68. The predicted octanol–water partition coefficient (Wildman–Crippen LogP) is 11.8. The van der Waals surface area contributed by atoms with Crippen LogP contribution in [-0.2, 0) is 16.2 Å². The molecule has 0 spiro atoms. The zero-order valence-electron chi connectivity index (χ0n) is 47.5. The van der Waals surface area contributed by atoms with E-state index < -0.39 is 0 Å². The van der Waals surface area contributed by atoms with E-state index in [1.54, 1.807) is 0 Å². The Kier molecular flexibility index (Phi) is 8.71. The van der Waals surface area contributed by atoms with E-state index in [1.807, 2.05) is 11.9 Å². The molecule has 10 heteroatoms. The molecule has 1 N–H and O–H groups in total. The molecule has 18 aliphatic rings. The number of benzene rings is 7. The number of hydrogen-bond donors (Lipinski definition) is 1. The van der Waals surface area contributed by atoms with Gasteiger partial charge in [-0.15, -0.1) is 0 Å². The van der Waals surface area contributed by atoms with Crippen molar-refractivity contribution >= 4 is 104 Å². The third-order valence-electron chi connectivity index (χ3n) is 26.0. The second kappa shape index (κ2) is 15.7. The van der Waals surface area contributed by atoms with Crippen LogP contribution in [0.3, 0.4) is 0 Å². The molecule has 12 aliphatic carbocycles. The molecular formula is C73H67B3N2O4S. The number of ether oxygens (including phenoxy) is 4. The smallest absolute Gasteiger partial charge is 0.260 e. The second-order valence-electron chi connectivity index (χ2n) is 30.6. The van der Waals surface area contributed by atoms with Crippen molar-refractivity contribution in [2.24, 2.45) is 53.3 Å². The van der Waals surface area contributed by atoms with Crippen LogP contribution in [-0.4, -0.2) is 26.4 Å². The van der Waals surface area contributed by atoms with Crippen molar-refractivity contribution < 1.29 is 18.9 Å². The highest BCUT2D eigenvalue weighted by Gasteiger charge is 2.57. The summed E-state index contributed by atoms with van der Waals surface area (Å²) in [6.45, 7) is -0.0987. The Hall–Kier alpha value is -6.12. The highest BCUT2D eigenvalue weighted by molar-refractivity contribution is 8.00. The Morgan fingerprint density at radius 3 is 1.27 bits per heavy atom. The normalized spacial score (nSPS) is 33.7. The van der Waals surface area contributed by atoms with Crippen molar-refractivity contribution in [2.45, 2.75) is 132 Å². The first-order valence-corrected chi connectivity index (χ1v) is 33.8. The Morgan fingerprint density at radius 1 is 0.361 bits per heavy atom. The first-order valence-electron chi connectivity index (χ1n) is 32.7. The number of rotatable bonds is 4. The van der Waals surface area contributed by atoms with Crippen LogP contribution in [0.15, 0.2) is 109 Å². The monoisotopic (exact) mass is 1100 g/mol. The molecule has 12 bridgehead atoms. The van der Waals surface area contributed by atoms with Gasteiger partial charge in [0.2, 0.25) is 0 Å². The maximum Gasteiger partial charge on any atom is 0.260 e. The summed E-state index contributed by atoms with van der Waals surface area (Å²) in [4.78, 5) is 0. The third-order valence-corrected chi connectivity index (χ3v) is 26.8. The third kappa shape index (κ3) is 6.09. The number of anilines is 4. The van der Waals surface area contributed by atoms with Gasteiger partial charge in [0.25, 0.3) is 20.1 Å². The van der Waals surface area contributed by atoms with Gasteiger partial charge < -0.3 is 24.3 Å². The summed E-state index contributed by atoms with van der Waals surface area (Å²) in [5, 5.41) is 4.18. The number of fused-ring (bicyclic) bond motifs is 12. The van der Waals surface area contributed by atoms with E-state index in [0.29, 0.717) is 0 Å². The van der Waals surface area contributed by atoms with Crippen LogP contribution in [0.1, 0.15) is 132 Å². The minimum atomic E-state index is -0.0769. The maximum absolute atomic E-state index is 7.68. The van der Waals surface area contributed by atoms with Gasteiger partial charge in [-0.2, -0.15) is 0 Å². The van der Waals surface area contributed by atoms with Crippen LogP contribution in [0.4, 0.5) is 22.7 Å². The summed E-state index contributed by atoms with van der Waals surface area (Å²) in [6, 6.07) is 43.1. The van der Waals surface area contributed by atoms with E-state index in [2.05, 4.69) is 125 Å². The Morgan fingerprint density at radius 2 is 0.759 bits per heavy atom. The lowest BCUT2D eigenvalue weighted by Crippen LogP contribution is -2.64. The molecule has 7 aromatic rings. The summed E-state index contributed by atoms with van der Waals surface area (Å²) in [6.07, 6.45) is 27.0. The lowest BCUT2D eigenvalue weighted by molar-refractivity contribution is -0.00540. The summed E-state index contributed by atoms with van der Waals surface area (Å²) < 4.78 is 32.1. The van der Waals surface area contributed by atoms with Gasteiger partial charge in [-0.05, 0) is 306 Å². The molecule has 6 heterocycles. The fourth-order valence-electron chi connectivity index (χ4n) is 24.2. The van der Waals surface area contributed by atoms with Crippen LogP contribution >= 0.6 is 11.9 Å². The van der Waals surface area contributed by atoms with Crippen LogP contribution in [0.2, 0.25) is 0 Å². The van der Waals surface area contributed by atoms with Gasteiger partial charge in [0.05, 0.1) is 11.4 Å². The van der Waals surface area contributed by atoms with E-state index in [0.717, 1.165) is 105 Å². The standard InChI is InChI=1S/C73H67B3N2O4S/c1-83-78-58-28-63-55(75-51-7-3-5-9-61(51)80-66-23-49(24-67(82-63)70(66)75)73-35-44-16-45(36-73)18-46(17-44)37-73)26-53(58)76-54-25-52-56(27-62(54)81-65-22-48(20-59(78)69(65)76)72-32-41-13-42(33-72)15-43(14-41)34-72)77-57-19-47(71-29-38-10-39(30-71)12-40(11-38)31-71)21-64-68(57)74(52)50-6-2-4-8-60(50)79-64/h2-9,19-28,38-46,77H,10-18,29-37H2,1H3. The zero-order valence-corrected chi connectivity index (χ0v) is 48.4. The topological polar surface area (TPSA) is 52.2 Å². The number of para-hydroxylation sites is 2. The summed E-state index contributed by atoms with van der Waals surface area (Å²) in [7, 11) is 0. The van der Waals surface area contributed by atoms with E-state index in [9.17, 15) is 0 Å². The molecule has 0 atom stereocenters. The molecular weight excluding hydrogens is 1030 g/mol. The lowest BCUT2D eigenvalue weighted by Gasteiger charge is -2.57. The average Bonchev–Trinajstić information content (AvgIpc) is 1.40. The molecule has 12 saturated carbocycles. The minimum absolute atomic E-state index is 0.0101. The van der Waals surface area contributed by atoms with Crippen molar-refractivity contribution in [2.75, 3.05) is 15.9 Å². The first-order chi connectivity index (χ1) is 40.7. The lowest BCUT2D eigenvalue weighted by atomic mass is 9.30. The molecule has 83 heavy (non-hydrogen) atoms. The number of nitrogens with zero attached hydrogens (tertiary/aromatic N) is 1. The highest BCUT2D eigenvalue weighted by atomic mass is 32.2. The fourth-order valence-corrected chi connectivity index (χ4v) is 24.9. The van der Waals surface area contributed by atoms with Crippen LogP contribution in [0, 0.1) is 53.3 Å². The molecule has 6 aliphatic heterocycles. The SMILES string of the molecule is CSN1c2cc3c(cc2B2c4cc5c(cc4Oc4cc(C67CC8CC(CC(C8)C6)C7)cc1c42)Nc1cc(C24CC6CC(CC(C6)C2)C4)cc2c1B5c1ccccc1O2)B1c2ccccc2Oc2cc(C45CC6CC(CC(C6)C4)C5)cc(c21)O3. The van der Waals surface area contributed by atoms with Crippen molar-refractivity contribution in [1.82, 2.24) is 0 Å². The molecule has 6 nitrogen and oxygen atoms in total. The Balaban J connectivity index is 0.746. The summed E-state index contributed by atoms with van der Waals surface area (Å²) in [5.41, 5.74) is 21.3. The number of hydrogen-bond acceptors (Lipinski definition) is 7. The van der Waals surface area contributed by atoms with Crippen LogP contribution < -0.4 is 77.7 Å². The Labute approximate surface area is 492 Å². The number of nitrogens with one attached hydrogen (secondary N) is 1. The second-order valence-corrected chi connectivity index (χ2v) is 31.4. The van der Waals surface area contributed by atoms with Gasteiger partial charge in [0, 0.05) is 35.2 Å². The van der Waals surface area contributed by atoms with Crippen LogP contribution in [0.5, 0.6) is 46.0 Å². The van der Waals surface area contributed by atoms with Crippen molar-refractivity contribution in [3.8, 4) is 46.0 Å². The fraction of sp³-hybridized carbons (Fsp3) is 0.425. The zero-order chi connectivity index (χ0) is 53.6. The summed E-state index contributed by atoms with van der Waals surface area (Å²) >= 11 is 1.84.